The van der Waals surface area contributed by atoms with Crippen molar-refractivity contribution >= 4 is 34.8 Å². The van der Waals surface area contributed by atoms with Crippen LogP contribution in [0.4, 0.5) is 5.69 Å². The van der Waals surface area contributed by atoms with E-state index < -0.39 is 40.5 Å². The average molecular weight is 950 g/mol. The topological polar surface area (TPSA) is 136 Å². The number of benzene rings is 2. The number of hydrogen-bond acceptors (Lipinski definition) is 9. The molecule has 5 aliphatic rings. The smallest absolute Gasteiger partial charge is 0.342 e. The number of esters is 1. The zero-order valence-corrected chi connectivity index (χ0v) is 36.5. The number of aromatic amines is 1. The molecule has 7 unspecified atom stereocenters. The van der Waals surface area contributed by atoms with E-state index >= 15 is 0 Å². The van der Waals surface area contributed by atoms with Crippen LogP contribution in [-0.2, 0) is 31.0 Å². The Kier molecular flexibility index (Phi) is 10.5. The fraction of sp³-hybridized carbons (Fsp3) is 0.500. The van der Waals surface area contributed by atoms with Gasteiger partial charge < -0.3 is 34.5 Å². The van der Waals surface area contributed by atoms with Crippen LogP contribution >= 0.6 is 0 Å². The molecule has 2 fully saturated rings. The Morgan fingerprint density at radius 3 is 2.61 bits per heavy atom. The number of anilines is 1. The first-order valence-electron chi connectivity index (χ1n) is 18.9. The third kappa shape index (κ3) is 5.37. The number of amides is 1. The number of hydrogen-bond donors (Lipinski definition) is 3. The molecule has 11 nitrogen and oxygen atoms in total. The number of rotatable bonds is 6. The summed E-state index contributed by atoms with van der Waals surface area (Å²) in [5.74, 6) is -0.650. The van der Waals surface area contributed by atoms with Crippen LogP contribution in [0.15, 0.2) is 60.3 Å². The van der Waals surface area contributed by atoms with E-state index in [1.807, 2.05) is 62.3 Å². The predicted molar refractivity (Wildman–Crippen MR) is 201 cm³/mol. The summed E-state index contributed by atoms with van der Waals surface area (Å²) < 4.78 is 11.5. The van der Waals surface area contributed by atoms with Gasteiger partial charge in [0.25, 0.3) is 0 Å². The maximum absolute atomic E-state index is 14.2. The van der Waals surface area contributed by atoms with Crippen LogP contribution in [0.3, 0.4) is 0 Å². The number of ketones is 1. The Bertz CT molecular complexity index is 2060. The van der Waals surface area contributed by atoms with Crippen molar-refractivity contribution in [1.29, 1.82) is 0 Å². The molecule has 1 aromatic heterocycles. The number of fused-ring (bicyclic) bond motifs is 4. The largest absolute Gasteiger partial charge is 0.496 e. The zero-order chi connectivity index (χ0) is 37.4. The quantitative estimate of drug-likeness (QED) is 0.188. The standard InChI is InChI=1S/C42H50N4O7.Ac/c1-6-25-19-26(48)20-30(35-28(13-17-45(23-25)24-47)27-11-8-9-12-32(27)43-35)29-21-31-33(22-34(29)52-4)44(3)37-41(31)15-18-46-16-10-14-40(7-2,36(41)46)38(49)42(37,51)39(50)53-5;/h8-12,14,21-24,30,36-38,43,49,51H,6-7,13,15-20H2,1-5H3;/b25-23-;. The minimum Gasteiger partial charge on any atom is -0.496 e. The van der Waals surface area contributed by atoms with E-state index in [1.54, 1.807) is 12.0 Å². The van der Waals surface area contributed by atoms with Crippen LogP contribution in [-0.4, -0.2) is 108 Å². The monoisotopic (exact) mass is 949 g/mol. The van der Waals surface area contributed by atoms with Gasteiger partial charge in [-0.05, 0) is 61.1 Å². The van der Waals surface area contributed by atoms with Gasteiger partial charge in [0.2, 0.25) is 12.0 Å². The molecule has 5 heterocycles. The molecule has 1 radical (unpaired) electrons. The number of methoxy groups -OCH3 is 2. The summed E-state index contributed by atoms with van der Waals surface area (Å²) in [4.78, 5) is 50.0. The number of carbonyl (C=O) groups is 3. The summed E-state index contributed by atoms with van der Waals surface area (Å²) in [6, 6.07) is 11.2. The van der Waals surface area contributed by atoms with Crippen LogP contribution in [0.2, 0.25) is 0 Å². The fourth-order valence-electron chi connectivity index (χ4n) is 11.3. The molecule has 2 aromatic carbocycles. The number of aliphatic hydroxyl groups is 2. The van der Waals surface area contributed by atoms with E-state index in [0.29, 0.717) is 44.5 Å². The number of aromatic nitrogens is 1. The molecule has 54 heavy (non-hydrogen) atoms. The Balaban J connectivity index is 0.00000450. The molecular formula is C42H50AcN4O7. The molecular weight excluding hydrogens is 899 g/mol. The number of para-hydroxylation sites is 1. The summed E-state index contributed by atoms with van der Waals surface area (Å²) in [7, 11) is 4.77. The van der Waals surface area contributed by atoms with Crippen molar-refractivity contribution in [3.05, 3.63) is 82.7 Å². The summed E-state index contributed by atoms with van der Waals surface area (Å²) in [6.45, 7) is 5.89. The third-order valence-electron chi connectivity index (χ3n) is 13.5. The molecule has 3 N–H and O–H groups in total. The number of likely N-dealkylation sites (N-methyl/N-ethyl adjacent to an activating group) is 1. The van der Waals surface area contributed by atoms with Gasteiger partial charge in [0.15, 0.2) is 0 Å². The van der Waals surface area contributed by atoms with Gasteiger partial charge in [0.1, 0.15) is 17.6 Å². The fourth-order valence-corrected chi connectivity index (χ4v) is 11.3. The molecule has 1 saturated carbocycles. The van der Waals surface area contributed by atoms with Crippen molar-refractivity contribution in [1.82, 2.24) is 14.8 Å². The molecule has 4 aliphatic heterocycles. The minimum atomic E-state index is -2.25. The van der Waals surface area contributed by atoms with Gasteiger partial charge in [-0.3, -0.25) is 14.5 Å². The van der Waals surface area contributed by atoms with Crippen LogP contribution in [0.5, 0.6) is 5.75 Å². The molecule has 1 aliphatic carbocycles. The Morgan fingerprint density at radius 1 is 1.13 bits per heavy atom. The minimum absolute atomic E-state index is 0. The second-order valence-electron chi connectivity index (χ2n) is 15.7. The summed E-state index contributed by atoms with van der Waals surface area (Å²) in [5.41, 5.74) is 2.46. The summed E-state index contributed by atoms with van der Waals surface area (Å²) in [5, 5.41) is 26.1. The van der Waals surface area contributed by atoms with E-state index in [1.165, 1.54) is 7.11 Å². The molecule has 7 atom stereocenters. The van der Waals surface area contributed by atoms with Crippen molar-refractivity contribution in [2.24, 2.45) is 5.41 Å². The molecule has 1 spiro atoms. The Hall–Kier alpha value is -3.01. The number of aliphatic hydroxyl groups excluding tert-OH is 1. The number of allylic oxidation sites excluding steroid dienone is 1. The molecule has 283 valence electrons. The number of H-pyrrole nitrogens is 1. The van der Waals surface area contributed by atoms with Gasteiger partial charge in [-0.1, -0.05) is 44.2 Å². The van der Waals surface area contributed by atoms with Crippen LogP contribution < -0.4 is 9.64 Å². The van der Waals surface area contributed by atoms with Gasteiger partial charge in [-0.15, -0.1) is 0 Å². The van der Waals surface area contributed by atoms with Crippen molar-refractivity contribution in [3.8, 4) is 5.75 Å². The number of nitrogens with zero attached hydrogens (tertiary/aromatic N) is 3. The predicted octanol–water partition coefficient (Wildman–Crippen LogP) is 4.34. The first-order valence-corrected chi connectivity index (χ1v) is 18.9. The van der Waals surface area contributed by atoms with Crippen molar-refractivity contribution < 1.29 is 78.1 Å². The molecule has 12 heteroatoms. The van der Waals surface area contributed by atoms with E-state index in [0.717, 1.165) is 57.5 Å². The van der Waals surface area contributed by atoms with E-state index in [4.69, 9.17) is 9.47 Å². The van der Waals surface area contributed by atoms with Gasteiger partial charge in [0, 0.05) is 140 Å². The summed E-state index contributed by atoms with van der Waals surface area (Å²) >= 11 is 0. The second kappa shape index (κ2) is 14.5. The molecule has 0 bridgehead atoms. The Labute approximate surface area is 352 Å². The maximum atomic E-state index is 14.2. The molecule has 8 rings (SSSR count). The average Bonchev–Trinajstić information content (AvgIpc) is 3.82. The molecule has 3 aromatic rings. The van der Waals surface area contributed by atoms with Gasteiger partial charge in [-0.25, -0.2) is 4.79 Å². The number of nitrogens with one attached hydrogen (secondary N) is 1. The first kappa shape index (κ1) is 39.2. The number of carbonyl (C=O) groups excluding carboxylic acids is 3. The van der Waals surface area contributed by atoms with E-state index in [-0.39, 0.29) is 68.7 Å². The van der Waals surface area contributed by atoms with Crippen LogP contribution in [0.1, 0.15) is 74.3 Å². The van der Waals surface area contributed by atoms with Gasteiger partial charge >= 0.3 is 5.97 Å². The van der Waals surface area contributed by atoms with Gasteiger partial charge in [0.05, 0.1) is 20.3 Å². The van der Waals surface area contributed by atoms with Gasteiger partial charge in [-0.2, -0.15) is 0 Å². The number of Topliss-reactive ketones (excluding diaryl/α,β-unsaturated/α-hetero) is 1. The zero-order valence-electron chi connectivity index (χ0n) is 31.8. The van der Waals surface area contributed by atoms with Crippen molar-refractivity contribution in [3.63, 3.8) is 0 Å². The van der Waals surface area contributed by atoms with Crippen molar-refractivity contribution in [2.45, 2.75) is 87.5 Å². The SMILES string of the molecule is CC/C1=C/N(C=O)CCc2c([nH]c3ccccc23)C(c2cc3c(cc2OC)N(C)C2C(O)(C(=O)OC)C(O)C4(CC)C=CCN5CCC32C54)CC(=O)C1.[Ac]. The van der Waals surface area contributed by atoms with Crippen LogP contribution in [0, 0.1) is 49.5 Å². The van der Waals surface area contributed by atoms with E-state index in [2.05, 4.69) is 28.1 Å². The second-order valence-corrected chi connectivity index (χ2v) is 15.7. The first-order chi connectivity index (χ1) is 25.5. The molecule has 1 saturated heterocycles. The molecule has 1 amide bonds. The van der Waals surface area contributed by atoms with Crippen molar-refractivity contribution in [2.75, 3.05) is 45.8 Å². The number of ether oxygens (including phenoxy) is 2. The van der Waals surface area contributed by atoms with E-state index in [9.17, 15) is 24.6 Å². The normalized spacial score (nSPS) is 32.7. The maximum Gasteiger partial charge on any atom is 0.342 e. The summed E-state index contributed by atoms with van der Waals surface area (Å²) in [6.07, 6.45) is 8.10. The third-order valence-corrected chi connectivity index (χ3v) is 13.5. The van der Waals surface area contributed by atoms with Crippen LogP contribution in [0.25, 0.3) is 10.9 Å². The Morgan fingerprint density at radius 2 is 1.91 bits per heavy atom.